The van der Waals surface area contributed by atoms with Crippen molar-refractivity contribution in [1.29, 1.82) is 0 Å². The Kier molecular flexibility index (Phi) is 3.41. The van der Waals surface area contributed by atoms with Crippen molar-refractivity contribution in [1.82, 2.24) is 9.88 Å². The number of hydrogen-bond donors (Lipinski definition) is 1. The van der Waals surface area contributed by atoms with E-state index in [9.17, 15) is 4.79 Å². The van der Waals surface area contributed by atoms with E-state index in [0.717, 1.165) is 16.7 Å². The molecule has 1 aromatic carbocycles. The molecule has 5 heteroatoms. The quantitative estimate of drug-likeness (QED) is 0.922. The highest BCUT2D eigenvalue weighted by molar-refractivity contribution is 5.98. The highest BCUT2D eigenvalue weighted by Gasteiger charge is 2.36. The lowest BCUT2D eigenvalue weighted by Gasteiger charge is -2.33. The molecule has 3 rings (SSSR count). The Hall–Kier alpha value is -2.69. The third-order valence-corrected chi connectivity index (χ3v) is 4.05. The van der Waals surface area contributed by atoms with Gasteiger partial charge in [0.1, 0.15) is 0 Å². The molecule has 1 aliphatic rings. The van der Waals surface area contributed by atoms with Crippen LogP contribution < -0.4 is 5.73 Å². The zero-order valence-electron chi connectivity index (χ0n) is 12.7. The Morgan fingerprint density at radius 1 is 1.23 bits per heavy atom. The van der Waals surface area contributed by atoms with Gasteiger partial charge in [-0.15, -0.1) is 0 Å². The van der Waals surface area contributed by atoms with Crippen LogP contribution in [0.25, 0.3) is 11.1 Å². The van der Waals surface area contributed by atoms with E-state index < -0.39 is 5.54 Å². The molecule has 22 heavy (non-hydrogen) atoms. The van der Waals surface area contributed by atoms with Gasteiger partial charge in [-0.3, -0.25) is 14.7 Å². The van der Waals surface area contributed by atoms with Crippen molar-refractivity contribution in [2.75, 3.05) is 7.05 Å². The third-order valence-electron chi connectivity index (χ3n) is 4.05. The van der Waals surface area contributed by atoms with Gasteiger partial charge < -0.3 is 5.73 Å². The topological polar surface area (TPSA) is 71.6 Å². The van der Waals surface area contributed by atoms with E-state index in [0.29, 0.717) is 6.42 Å². The molecule has 1 aliphatic heterocycles. The number of carbonyl (C=O) groups excluding carboxylic acids is 1. The zero-order chi connectivity index (χ0) is 15.7. The first kappa shape index (κ1) is 14.3. The van der Waals surface area contributed by atoms with E-state index in [1.54, 1.807) is 13.2 Å². The number of guanidine groups is 1. The molecular formula is C17H18N4O. The highest BCUT2D eigenvalue weighted by atomic mass is 16.2. The standard InChI is InChI=1S/C17H18N4O/c1-17(10-15(22)21(2)16(18)20-17)14-7-3-5-12(9-14)13-6-4-8-19-11-13/h3-9,11H,10H2,1-2H3,(H2,18,20). The minimum absolute atomic E-state index is 0.0261. The van der Waals surface area contributed by atoms with Crippen LogP contribution in [0, 0.1) is 0 Å². The molecule has 1 amide bonds. The van der Waals surface area contributed by atoms with E-state index in [1.807, 2.05) is 49.5 Å². The summed E-state index contributed by atoms with van der Waals surface area (Å²) >= 11 is 0. The van der Waals surface area contributed by atoms with Crippen LogP contribution in [-0.2, 0) is 10.3 Å². The van der Waals surface area contributed by atoms with Gasteiger partial charge in [-0.2, -0.15) is 0 Å². The summed E-state index contributed by atoms with van der Waals surface area (Å²) in [7, 11) is 1.65. The molecule has 2 N–H and O–H groups in total. The second-order valence-electron chi connectivity index (χ2n) is 5.70. The molecule has 1 aromatic heterocycles. The maximum atomic E-state index is 12.1. The van der Waals surface area contributed by atoms with Gasteiger partial charge >= 0.3 is 0 Å². The summed E-state index contributed by atoms with van der Waals surface area (Å²) < 4.78 is 0. The molecule has 0 fully saturated rings. The van der Waals surface area contributed by atoms with Gasteiger partial charge in [0, 0.05) is 19.4 Å². The largest absolute Gasteiger partial charge is 0.369 e. The summed E-state index contributed by atoms with van der Waals surface area (Å²) in [5.41, 5.74) is 8.29. The fourth-order valence-electron chi connectivity index (χ4n) is 2.64. The van der Waals surface area contributed by atoms with Crippen LogP contribution >= 0.6 is 0 Å². The van der Waals surface area contributed by atoms with Gasteiger partial charge in [-0.25, -0.2) is 4.99 Å². The Labute approximate surface area is 129 Å². The molecule has 2 aromatic rings. The van der Waals surface area contributed by atoms with Crippen molar-refractivity contribution in [2.24, 2.45) is 10.7 Å². The fourth-order valence-corrected chi connectivity index (χ4v) is 2.64. The number of nitrogens with two attached hydrogens (primary N) is 1. The van der Waals surface area contributed by atoms with Crippen LogP contribution in [0.4, 0.5) is 0 Å². The van der Waals surface area contributed by atoms with E-state index in [1.165, 1.54) is 4.90 Å². The van der Waals surface area contributed by atoms with Gasteiger partial charge in [0.05, 0.1) is 12.0 Å². The molecule has 2 heterocycles. The van der Waals surface area contributed by atoms with Gasteiger partial charge in [0.25, 0.3) is 0 Å². The van der Waals surface area contributed by atoms with E-state index in [-0.39, 0.29) is 11.9 Å². The minimum atomic E-state index is -0.633. The Bertz CT molecular complexity index is 741. The van der Waals surface area contributed by atoms with Gasteiger partial charge in [-0.1, -0.05) is 24.3 Å². The second kappa shape index (κ2) is 5.26. The number of carbonyl (C=O) groups is 1. The molecule has 0 saturated carbocycles. The molecule has 112 valence electrons. The Balaban J connectivity index is 2.04. The summed E-state index contributed by atoms with van der Waals surface area (Å²) in [4.78, 5) is 22.2. The molecule has 0 spiro atoms. The van der Waals surface area contributed by atoms with Gasteiger partial charge in [-0.05, 0) is 35.7 Å². The molecule has 0 radical (unpaired) electrons. The number of pyridine rings is 1. The normalized spacial score (nSPS) is 21.6. The van der Waals surface area contributed by atoms with Crippen LogP contribution in [0.15, 0.2) is 53.8 Å². The van der Waals surface area contributed by atoms with Crippen molar-refractivity contribution in [3.63, 3.8) is 0 Å². The van der Waals surface area contributed by atoms with Crippen LogP contribution in [-0.4, -0.2) is 28.8 Å². The SMILES string of the molecule is CN1C(=O)CC(C)(c2cccc(-c3cccnc3)c2)N=C1N. The molecule has 0 bridgehead atoms. The third kappa shape index (κ3) is 2.45. The molecule has 1 unspecified atom stereocenters. The highest BCUT2D eigenvalue weighted by Crippen LogP contribution is 2.34. The number of rotatable bonds is 2. The minimum Gasteiger partial charge on any atom is -0.369 e. The predicted molar refractivity (Wildman–Crippen MR) is 86.0 cm³/mol. The monoisotopic (exact) mass is 294 g/mol. The van der Waals surface area contributed by atoms with Crippen molar-refractivity contribution in [2.45, 2.75) is 18.9 Å². The number of aromatic nitrogens is 1. The van der Waals surface area contributed by atoms with Crippen LogP contribution in [0.2, 0.25) is 0 Å². The maximum Gasteiger partial charge on any atom is 0.231 e. The van der Waals surface area contributed by atoms with Crippen LogP contribution in [0.3, 0.4) is 0 Å². The first-order chi connectivity index (χ1) is 10.5. The van der Waals surface area contributed by atoms with Gasteiger partial charge in [0.2, 0.25) is 5.91 Å². The number of amides is 1. The predicted octanol–water partition coefficient (Wildman–Crippen LogP) is 2.14. The van der Waals surface area contributed by atoms with Crippen molar-refractivity contribution >= 4 is 11.9 Å². The van der Waals surface area contributed by atoms with E-state index >= 15 is 0 Å². The summed E-state index contributed by atoms with van der Waals surface area (Å²) in [6.07, 6.45) is 3.87. The van der Waals surface area contributed by atoms with Crippen molar-refractivity contribution in [3.8, 4) is 11.1 Å². The lowest BCUT2D eigenvalue weighted by atomic mass is 9.86. The molecule has 1 atom stereocenters. The fraction of sp³-hybridized carbons (Fsp3) is 0.235. The summed E-state index contributed by atoms with van der Waals surface area (Å²) in [6.45, 7) is 1.94. The van der Waals surface area contributed by atoms with Crippen LogP contribution in [0.5, 0.6) is 0 Å². The van der Waals surface area contributed by atoms with Crippen molar-refractivity contribution in [3.05, 3.63) is 54.4 Å². The molecule has 0 aliphatic carbocycles. The molecular weight excluding hydrogens is 276 g/mol. The number of aliphatic imine (C=N–C) groups is 1. The smallest absolute Gasteiger partial charge is 0.231 e. The molecule has 0 saturated heterocycles. The zero-order valence-corrected chi connectivity index (χ0v) is 12.7. The maximum absolute atomic E-state index is 12.1. The Morgan fingerprint density at radius 2 is 2.00 bits per heavy atom. The lowest BCUT2D eigenvalue weighted by molar-refractivity contribution is -0.128. The first-order valence-corrected chi connectivity index (χ1v) is 7.12. The van der Waals surface area contributed by atoms with Crippen LogP contribution in [0.1, 0.15) is 18.9 Å². The number of benzene rings is 1. The average Bonchev–Trinajstić information content (AvgIpc) is 2.53. The Morgan fingerprint density at radius 3 is 2.68 bits per heavy atom. The summed E-state index contributed by atoms with van der Waals surface area (Å²) in [5.74, 6) is 0.229. The summed E-state index contributed by atoms with van der Waals surface area (Å²) in [6, 6.07) is 11.9. The lowest BCUT2D eigenvalue weighted by Crippen LogP contribution is -2.47. The van der Waals surface area contributed by atoms with E-state index in [2.05, 4.69) is 9.98 Å². The van der Waals surface area contributed by atoms with Gasteiger partial charge in [0.15, 0.2) is 5.96 Å². The summed E-state index contributed by atoms with van der Waals surface area (Å²) in [5, 5.41) is 0. The molecule has 5 nitrogen and oxygen atoms in total. The number of hydrogen-bond acceptors (Lipinski definition) is 4. The number of nitrogens with zero attached hydrogens (tertiary/aromatic N) is 3. The van der Waals surface area contributed by atoms with Crippen molar-refractivity contribution < 1.29 is 4.79 Å². The average molecular weight is 294 g/mol. The second-order valence-corrected chi connectivity index (χ2v) is 5.70. The first-order valence-electron chi connectivity index (χ1n) is 7.12. The van der Waals surface area contributed by atoms with E-state index in [4.69, 9.17) is 5.73 Å².